The van der Waals surface area contributed by atoms with Gasteiger partial charge in [-0.25, -0.2) is 4.79 Å². The Kier molecular flexibility index (Phi) is 4.97. The van der Waals surface area contributed by atoms with Gasteiger partial charge in [0.15, 0.2) is 4.32 Å². The minimum atomic E-state index is -1.06. The van der Waals surface area contributed by atoms with E-state index in [1.54, 1.807) is 29.5 Å². The molecule has 31 heavy (non-hydrogen) atoms. The number of fused-ring (bicyclic) bond motifs is 1. The van der Waals surface area contributed by atoms with E-state index in [9.17, 15) is 14.7 Å². The van der Waals surface area contributed by atoms with Gasteiger partial charge in [0, 0.05) is 10.8 Å². The highest BCUT2D eigenvalue weighted by atomic mass is 32.2. The van der Waals surface area contributed by atoms with Crippen LogP contribution in [0.3, 0.4) is 0 Å². The number of rotatable bonds is 4. The average molecular weight is 464 g/mol. The van der Waals surface area contributed by atoms with Crippen molar-refractivity contribution in [2.45, 2.75) is 0 Å². The van der Waals surface area contributed by atoms with Crippen LogP contribution in [0.2, 0.25) is 0 Å². The Morgan fingerprint density at radius 2 is 1.90 bits per heavy atom. The molecule has 3 heterocycles. The van der Waals surface area contributed by atoms with E-state index in [0.29, 0.717) is 20.7 Å². The third-order valence-electron chi connectivity index (χ3n) is 4.71. The first-order valence-corrected chi connectivity index (χ1v) is 11.2. The van der Waals surface area contributed by atoms with Crippen molar-refractivity contribution >= 4 is 73.4 Å². The summed E-state index contributed by atoms with van der Waals surface area (Å²) in [5.41, 5.74) is 0.519. The second-order valence-corrected chi connectivity index (χ2v) is 9.48. The largest absolute Gasteiger partial charge is 0.478 e. The van der Waals surface area contributed by atoms with Gasteiger partial charge in [-0.15, -0.1) is 11.3 Å². The van der Waals surface area contributed by atoms with Gasteiger partial charge >= 0.3 is 5.97 Å². The Bertz CT molecular complexity index is 1370. The van der Waals surface area contributed by atoms with Crippen LogP contribution >= 0.6 is 35.3 Å². The van der Waals surface area contributed by atoms with E-state index in [1.165, 1.54) is 21.7 Å². The van der Waals surface area contributed by atoms with Crippen molar-refractivity contribution in [3.05, 3.63) is 83.0 Å². The number of hydrogen-bond acceptors (Lipinski definition) is 6. The van der Waals surface area contributed by atoms with Crippen molar-refractivity contribution in [1.29, 1.82) is 0 Å². The fourth-order valence-corrected chi connectivity index (χ4v) is 5.57. The molecule has 0 atom stereocenters. The molecule has 0 spiro atoms. The van der Waals surface area contributed by atoms with Crippen molar-refractivity contribution in [1.82, 2.24) is 0 Å². The van der Waals surface area contributed by atoms with E-state index in [0.717, 1.165) is 27.8 Å². The Labute approximate surface area is 190 Å². The highest BCUT2D eigenvalue weighted by Gasteiger charge is 2.34. The topological polar surface area (TPSA) is 70.8 Å². The molecule has 5 rings (SSSR count). The molecule has 8 heteroatoms. The Morgan fingerprint density at radius 1 is 1.06 bits per heavy atom. The van der Waals surface area contributed by atoms with Crippen LogP contribution < -0.4 is 4.90 Å². The molecular weight excluding hydrogens is 450 g/mol. The minimum Gasteiger partial charge on any atom is -0.478 e. The second kappa shape index (κ2) is 7.81. The molecule has 1 aliphatic heterocycles. The summed E-state index contributed by atoms with van der Waals surface area (Å²) in [6, 6.07) is 20.1. The Hall–Kier alpha value is -3.20. The van der Waals surface area contributed by atoms with Gasteiger partial charge in [-0.3, -0.25) is 9.69 Å². The summed E-state index contributed by atoms with van der Waals surface area (Å²) in [4.78, 5) is 27.0. The summed E-state index contributed by atoms with van der Waals surface area (Å²) in [5, 5.41) is 10.4. The monoisotopic (exact) mass is 463 g/mol. The number of carbonyl (C=O) groups excluding carboxylic acids is 1. The lowest BCUT2D eigenvalue weighted by molar-refractivity contribution is -0.113. The smallest absolute Gasteiger partial charge is 0.335 e. The SMILES string of the molecule is O=C(O)c1cccc(N2C(=O)C(=Cc3ccc(-c4cc5ccccc5s4)o3)SC2=S)c1. The van der Waals surface area contributed by atoms with E-state index in [-0.39, 0.29) is 11.5 Å². The minimum absolute atomic E-state index is 0.0922. The number of aromatic carboxylic acids is 1. The van der Waals surface area contributed by atoms with E-state index >= 15 is 0 Å². The molecule has 0 bridgehead atoms. The maximum absolute atomic E-state index is 13.0. The number of carboxylic acids is 1. The van der Waals surface area contributed by atoms with Crippen molar-refractivity contribution < 1.29 is 19.1 Å². The third-order valence-corrected chi connectivity index (χ3v) is 7.15. The zero-order valence-electron chi connectivity index (χ0n) is 15.8. The molecule has 152 valence electrons. The standard InChI is InChI=1S/C23H13NO4S3/c25-21-20(31-23(29)24(21)15-6-3-5-14(10-15)22(26)27)12-16-8-9-17(28-16)19-11-13-4-1-2-7-18(13)30-19/h1-12H,(H,26,27). The van der Waals surface area contributed by atoms with Gasteiger partial charge in [0.1, 0.15) is 11.5 Å². The Morgan fingerprint density at radius 3 is 2.71 bits per heavy atom. The number of furan rings is 1. The van der Waals surface area contributed by atoms with Crippen LogP contribution in [0, 0.1) is 0 Å². The summed E-state index contributed by atoms with van der Waals surface area (Å²) in [6.07, 6.45) is 1.66. The van der Waals surface area contributed by atoms with Crippen molar-refractivity contribution in [3.8, 4) is 10.6 Å². The maximum atomic E-state index is 13.0. The number of amides is 1. The van der Waals surface area contributed by atoms with Crippen LogP contribution in [-0.2, 0) is 4.79 Å². The fraction of sp³-hybridized carbons (Fsp3) is 0. The summed E-state index contributed by atoms with van der Waals surface area (Å²) in [5.74, 6) is -0.0890. The van der Waals surface area contributed by atoms with Gasteiger partial charge in [0.25, 0.3) is 5.91 Å². The molecule has 2 aromatic carbocycles. The van der Waals surface area contributed by atoms with Gasteiger partial charge in [-0.1, -0.05) is 48.2 Å². The number of benzene rings is 2. The van der Waals surface area contributed by atoms with E-state index < -0.39 is 5.97 Å². The van der Waals surface area contributed by atoms with Crippen molar-refractivity contribution in [2.75, 3.05) is 4.90 Å². The Balaban J connectivity index is 1.43. The molecule has 1 saturated heterocycles. The first kappa shape index (κ1) is 19.7. The van der Waals surface area contributed by atoms with Crippen LogP contribution in [0.4, 0.5) is 5.69 Å². The summed E-state index contributed by atoms with van der Waals surface area (Å²) < 4.78 is 7.49. The lowest BCUT2D eigenvalue weighted by Crippen LogP contribution is -2.27. The second-order valence-electron chi connectivity index (χ2n) is 6.72. The van der Waals surface area contributed by atoms with Gasteiger partial charge in [-0.2, -0.15) is 0 Å². The number of nitrogens with zero attached hydrogens (tertiary/aromatic N) is 1. The molecule has 5 nitrogen and oxygen atoms in total. The zero-order valence-corrected chi connectivity index (χ0v) is 18.2. The highest BCUT2D eigenvalue weighted by molar-refractivity contribution is 8.27. The highest BCUT2D eigenvalue weighted by Crippen LogP contribution is 2.38. The van der Waals surface area contributed by atoms with Crippen LogP contribution in [0.25, 0.3) is 26.8 Å². The number of thiophene rings is 1. The van der Waals surface area contributed by atoms with Gasteiger partial charge < -0.3 is 9.52 Å². The molecular formula is C23H13NO4S3. The molecule has 0 aliphatic carbocycles. The molecule has 1 aliphatic rings. The summed E-state index contributed by atoms with van der Waals surface area (Å²) in [6.45, 7) is 0. The molecule has 0 radical (unpaired) electrons. The fourth-order valence-electron chi connectivity index (χ4n) is 3.26. The van der Waals surface area contributed by atoms with Gasteiger partial charge in [0.2, 0.25) is 0 Å². The molecule has 0 saturated carbocycles. The van der Waals surface area contributed by atoms with E-state index in [2.05, 4.69) is 18.2 Å². The molecule has 1 N–H and O–H groups in total. The quantitative estimate of drug-likeness (QED) is 0.284. The van der Waals surface area contributed by atoms with E-state index in [1.807, 2.05) is 24.3 Å². The molecule has 4 aromatic rings. The molecule has 1 amide bonds. The number of anilines is 1. The predicted octanol–water partition coefficient (Wildman–Crippen LogP) is 6.27. The number of hydrogen-bond donors (Lipinski definition) is 1. The molecule has 1 fully saturated rings. The predicted molar refractivity (Wildman–Crippen MR) is 129 cm³/mol. The number of thiocarbonyl (C=S) groups is 1. The first-order valence-electron chi connectivity index (χ1n) is 9.20. The summed E-state index contributed by atoms with van der Waals surface area (Å²) >= 11 is 8.18. The lowest BCUT2D eigenvalue weighted by Gasteiger charge is -2.14. The van der Waals surface area contributed by atoms with Crippen LogP contribution in [0.15, 0.2) is 76.1 Å². The van der Waals surface area contributed by atoms with Crippen molar-refractivity contribution in [3.63, 3.8) is 0 Å². The van der Waals surface area contributed by atoms with Crippen LogP contribution in [0.1, 0.15) is 16.1 Å². The average Bonchev–Trinajstić information content (AvgIpc) is 3.46. The zero-order chi connectivity index (χ0) is 21.5. The third kappa shape index (κ3) is 3.69. The lowest BCUT2D eigenvalue weighted by atomic mass is 10.2. The van der Waals surface area contributed by atoms with E-state index in [4.69, 9.17) is 16.6 Å². The summed E-state index contributed by atoms with van der Waals surface area (Å²) in [7, 11) is 0. The van der Waals surface area contributed by atoms with Crippen LogP contribution in [0.5, 0.6) is 0 Å². The molecule has 2 aromatic heterocycles. The first-order chi connectivity index (χ1) is 15.0. The van der Waals surface area contributed by atoms with Gasteiger partial charge in [-0.05, 0) is 47.9 Å². The normalized spacial score (nSPS) is 15.4. The number of carboxylic acid groups (broad SMARTS) is 1. The number of thioether (sulfide) groups is 1. The van der Waals surface area contributed by atoms with Crippen LogP contribution in [-0.4, -0.2) is 21.3 Å². The van der Waals surface area contributed by atoms with Crippen molar-refractivity contribution in [2.24, 2.45) is 0 Å². The molecule has 0 unspecified atom stereocenters. The van der Waals surface area contributed by atoms with Gasteiger partial charge in [0.05, 0.1) is 21.0 Å². The number of carbonyl (C=O) groups is 2. The maximum Gasteiger partial charge on any atom is 0.335 e.